The molecule has 2 rings (SSSR count). The van der Waals surface area contributed by atoms with E-state index in [2.05, 4.69) is 38.1 Å². The van der Waals surface area contributed by atoms with Crippen LogP contribution < -0.4 is 0 Å². The van der Waals surface area contributed by atoms with Gasteiger partial charge in [0.05, 0.1) is 0 Å². The predicted octanol–water partition coefficient (Wildman–Crippen LogP) is 4.42. The molecule has 0 aromatic heterocycles. The summed E-state index contributed by atoms with van der Waals surface area (Å²) in [6, 6.07) is 15.3. The van der Waals surface area contributed by atoms with Gasteiger partial charge in [-0.3, -0.25) is 0 Å². The Hall–Kier alpha value is -1.27. The third-order valence-electron chi connectivity index (χ3n) is 2.45. The molecule has 0 atom stereocenters. The molecule has 0 aliphatic heterocycles. The van der Waals surface area contributed by atoms with Crippen molar-refractivity contribution in [2.24, 2.45) is 0 Å². The summed E-state index contributed by atoms with van der Waals surface area (Å²) < 4.78 is 0. The standard InChI is InChI=1S/C14H12Cl/c1-10-6-7-11(2)14(8-10)12-4-3-5-13(15)9-12/h3,5-9H,1-2H3. The van der Waals surface area contributed by atoms with Crippen molar-refractivity contribution in [3.8, 4) is 11.1 Å². The van der Waals surface area contributed by atoms with Crippen molar-refractivity contribution in [1.29, 1.82) is 0 Å². The van der Waals surface area contributed by atoms with Gasteiger partial charge in [0.15, 0.2) is 0 Å². The number of benzene rings is 2. The fourth-order valence-electron chi connectivity index (χ4n) is 1.62. The second-order valence-electron chi connectivity index (χ2n) is 3.74. The van der Waals surface area contributed by atoms with Gasteiger partial charge in [-0.05, 0) is 48.7 Å². The van der Waals surface area contributed by atoms with E-state index < -0.39 is 0 Å². The Balaban J connectivity index is 2.58. The van der Waals surface area contributed by atoms with Crippen LogP contribution in [0.2, 0.25) is 5.02 Å². The Morgan fingerprint density at radius 1 is 1.07 bits per heavy atom. The maximum atomic E-state index is 5.97. The van der Waals surface area contributed by atoms with Gasteiger partial charge in [0, 0.05) is 5.02 Å². The molecule has 0 unspecified atom stereocenters. The zero-order chi connectivity index (χ0) is 10.8. The molecule has 0 spiro atoms. The molecule has 0 bridgehead atoms. The number of hydrogen-bond acceptors (Lipinski definition) is 0. The van der Waals surface area contributed by atoms with Crippen LogP contribution in [0.3, 0.4) is 0 Å². The molecule has 75 valence electrons. The maximum Gasteiger partial charge on any atom is 0.0412 e. The largest absolute Gasteiger partial charge is 0.0843 e. The first-order chi connectivity index (χ1) is 7.16. The lowest BCUT2D eigenvalue weighted by atomic mass is 9.99. The first kappa shape index (κ1) is 10.3. The van der Waals surface area contributed by atoms with Gasteiger partial charge in [-0.2, -0.15) is 0 Å². The quantitative estimate of drug-likeness (QED) is 0.661. The second kappa shape index (κ2) is 4.08. The summed E-state index contributed by atoms with van der Waals surface area (Å²) in [5.41, 5.74) is 4.77. The van der Waals surface area contributed by atoms with Gasteiger partial charge < -0.3 is 0 Å². The van der Waals surface area contributed by atoms with Crippen LogP contribution in [0.25, 0.3) is 11.1 Å². The number of halogens is 1. The highest BCUT2D eigenvalue weighted by atomic mass is 35.5. The lowest BCUT2D eigenvalue weighted by Crippen LogP contribution is -1.84. The summed E-state index contributed by atoms with van der Waals surface area (Å²) in [6.45, 7) is 4.19. The van der Waals surface area contributed by atoms with Crippen LogP contribution >= 0.6 is 11.6 Å². The maximum absolute atomic E-state index is 5.97. The van der Waals surface area contributed by atoms with E-state index in [0.717, 1.165) is 10.6 Å². The van der Waals surface area contributed by atoms with Crippen LogP contribution in [0.4, 0.5) is 0 Å². The van der Waals surface area contributed by atoms with E-state index in [-0.39, 0.29) is 0 Å². The minimum absolute atomic E-state index is 0.754. The molecule has 0 saturated carbocycles. The predicted molar refractivity (Wildman–Crippen MR) is 65.2 cm³/mol. The molecule has 15 heavy (non-hydrogen) atoms. The highest BCUT2D eigenvalue weighted by Gasteiger charge is 2.02. The van der Waals surface area contributed by atoms with Crippen molar-refractivity contribution in [3.05, 3.63) is 58.6 Å². The summed E-state index contributed by atoms with van der Waals surface area (Å²) >= 11 is 5.97. The Kier molecular flexibility index (Phi) is 2.79. The molecule has 0 aliphatic carbocycles. The number of hydrogen-bond donors (Lipinski definition) is 0. The van der Waals surface area contributed by atoms with Crippen LogP contribution in [0, 0.1) is 19.9 Å². The third-order valence-corrected chi connectivity index (χ3v) is 2.68. The monoisotopic (exact) mass is 215 g/mol. The van der Waals surface area contributed by atoms with Gasteiger partial charge in [0.25, 0.3) is 0 Å². The number of aryl methyl sites for hydroxylation is 2. The first-order valence-corrected chi connectivity index (χ1v) is 5.29. The fourth-order valence-corrected chi connectivity index (χ4v) is 1.79. The normalized spacial score (nSPS) is 10.3. The molecule has 0 nitrogen and oxygen atoms in total. The molecular weight excluding hydrogens is 204 g/mol. The zero-order valence-corrected chi connectivity index (χ0v) is 9.60. The van der Waals surface area contributed by atoms with Crippen molar-refractivity contribution in [2.75, 3.05) is 0 Å². The summed E-state index contributed by atoms with van der Waals surface area (Å²) in [4.78, 5) is 0. The molecule has 2 aromatic carbocycles. The molecule has 1 heteroatoms. The Labute approximate surface area is 95.5 Å². The summed E-state index contributed by atoms with van der Waals surface area (Å²) in [7, 11) is 0. The molecule has 2 aromatic rings. The number of rotatable bonds is 1. The van der Waals surface area contributed by atoms with Crippen molar-refractivity contribution < 1.29 is 0 Å². The van der Waals surface area contributed by atoms with Crippen LogP contribution in [0.1, 0.15) is 11.1 Å². The lowest BCUT2D eigenvalue weighted by Gasteiger charge is -2.07. The van der Waals surface area contributed by atoms with E-state index in [1.54, 1.807) is 0 Å². The van der Waals surface area contributed by atoms with E-state index in [1.807, 2.05) is 18.2 Å². The Bertz CT molecular complexity index is 486. The Morgan fingerprint density at radius 2 is 1.87 bits per heavy atom. The van der Waals surface area contributed by atoms with Gasteiger partial charge in [0.2, 0.25) is 0 Å². The van der Waals surface area contributed by atoms with Crippen LogP contribution in [-0.4, -0.2) is 0 Å². The lowest BCUT2D eigenvalue weighted by molar-refractivity contribution is 1.39. The topological polar surface area (TPSA) is 0 Å². The summed E-state index contributed by atoms with van der Waals surface area (Å²) in [5, 5.41) is 0.754. The summed E-state index contributed by atoms with van der Waals surface area (Å²) in [5.74, 6) is 0. The van der Waals surface area contributed by atoms with Gasteiger partial charge in [-0.15, -0.1) is 0 Å². The van der Waals surface area contributed by atoms with Crippen LogP contribution in [0.5, 0.6) is 0 Å². The molecule has 0 fully saturated rings. The molecule has 0 N–H and O–H groups in total. The molecule has 0 amide bonds. The minimum Gasteiger partial charge on any atom is -0.0843 e. The first-order valence-electron chi connectivity index (χ1n) is 4.92. The molecular formula is C14H12Cl. The highest BCUT2D eigenvalue weighted by molar-refractivity contribution is 6.30. The van der Waals surface area contributed by atoms with Crippen LogP contribution in [0.15, 0.2) is 36.4 Å². The van der Waals surface area contributed by atoms with Gasteiger partial charge in [-0.25, -0.2) is 0 Å². The molecule has 0 heterocycles. The van der Waals surface area contributed by atoms with E-state index in [0.29, 0.717) is 0 Å². The van der Waals surface area contributed by atoms with E-state index in [1.165, 1.54) is 16.7 Å². The fraction of sp³-hybridized carbons (Fsp3) is 0.143. The van der Waals surface area contributed by atoms with Gasteiger partial charge in [-0.1, -0.05) is 41.4 Å². The van der Waals surface area contributed by atoms with Crippen molar-refractivity contribution in [2.45, 2.75) is 13.8 Å². The van der Waals surface area contributed by atoms with Crippen molar-refractivity contribution >= 4 is 11.6 Å². The van der Waals surface area contributed by atoms with E-state index in [4.69, 9.17) is 11.6 Å². The van der Waals surface area contributed by atoms with E-state index >= 15 is 0 Å². The van der Waals surface area contributed by atoms with Crippen molar-refractivity contribution in [3.63, 3.8) is 0 Å². The average Bonchev–Trinajstić information content (AvgIpc) is 2.22. The zero-order valence-electron chi connectivity index (χ0n) is 8.84. The molecule has 0 saturated heterocycles. The van der Waals surface area contributed by atoms with Crippen LogP contribution in [-0.2, 0) is 0 Å². The molecule has 0 aliphatic rings. The minimum atomic E-state index is 0.754. The SMILES string of the molecule is Cc1ccc(C)c(-c2[c]ccc(Cl)c2)c1. The Morgan fingerprint density at radius 3 is 2.60 bits per heavy atom. The van der Waals surface area contributed by atoms with E-state index in [9.17, 15) is 0 Å². The van der Waals surface area contributed by atoms with Gasteiger partial charge >= 0.3 is 0 Å². The summed E-state index contributed by atoms with van der Waals surface area (Å²) in [6.07, 6.45) is 0. The van der Waals surface area contributed by atoms with Gasteiger partial charge in [0.1, 0.15) is 0 Å². The average molecular weight is 216 g/mol. The smallest absolute Gasteiger partial charge is 0.0412 e. The second-order valence-corrected chi connectivity index (χ2v) is 4.18. The third kappa shape index (κ3) is 2.21. The highest BCUT2D eigenvalue weighted by Crippen LogP contribution is 2.26. The van der Waals surface area contributed by atoms with Crippen molar-refractivity contribution in [1.82, 2.24) is 0 Å². The molecule has 1 radical (unpaired) electrons.